The smallest absolute Gasteiger partial charge is 0.317 e. The number of piperazine rings is 1. The summed E-state index contributed by atoms with van der Waals surface area (Å²) in [6.45, 7) is 6.31. The van der Waals surface area contributed by atoms with E-state index in [-0.39, 0.29) is 23.6 Å². The summed E-state index contributed by atoms with van der Waals surface area (Å²) in [6.07, 6.45) is 7.37. The highest BCUT2D eigenvalue weighted by Crippen LogP contribution is 2.62. The van der Waals surface area contributed by atoms with E-state index in [4.69, 9.17) is 5.11 Å². The molecule has 2 atom stereocenters. The van der Waals surface area contributed by atoms with Crippen molar-refractivity contribution in [2.75, 3.05) is 39.3 Å². The van der Waals surface area contributed by atoms with Crippen molar-refractivity contribution in [1.29, 1.82) is 0 Å². The molecule has 2 N–H and O–H groups in total. The number of β-amino-alcohol motifs (C(OH)–C–C–N with tert-alkyl or cyclic N) is 1. The molecule has 5 aliphatic rings. The van der Waals surface area contributed by atoms with Crippen LogP contribution >= 0.6 is 0 Å². The van der Waals surface area contributed by atoms with Crippen molar-refractivity contribution in [2.24, 2.45) is 11.8 Å². The molecule has 5 fully saturated rings. The monoisotopic (exact) mass is 397 g/mol. The van der Waals surface area contributed by atoms with Gasteiger partial charge in [-0.15, -0.1) is 0 Å². The lowest BCUT2D eigenvalue weighted by Gasteiger charge is -2.62. The van der Waals surface area contributed by atoms with Crippen LogP contribution in [-0.2, 0) is 5.41 Å². The maximum absolute atomic E-state index is 13.2. The Labute approximate surface area is 174 Å². The quantitative estimate of drug-likeness (QED) is 0.821. The van der Waals surface area contributed by atoms with Gasteiger partial charge in [-0.05, 0) is 68.3 Å². The summed E-state index contributed by atoms with van der Waals surface area (Å²) in [5.41, 5.74) is 3.05. The third-order valence-corrected chi connectivity index (χ3v) is 8.17. The first kappa shape index (κ1) is 19.4. The Hall–Kier alpha value is -1.59. The van der Waals surface area contributed by atoms with Crippen LogP contribution in [0, 0.1) is 18.8 Å². The Kier molecular flexibility index (Phi) is 4.86. The molecule has 0 aromatic heterocycles. The Bertz CT molecular complexity index is 740. The minimum atomic E-state index is -0.0196. The predicted octanol–water partition coefficient (Wildman–Crippen LogP) is 2.90. The topological polar surface area (TPSA) is 55.8 Å². The van der Waals surface area contributed by atoms with Gasteiger partial charge in [-0.3, -0.25) is 4.90 Å². The largest absolute Gasteiger partial charge is 0.395 e. The van der Waals surface area contributed by atoms with Crippen LogP contribution in [0.3, 0.4) is 0 Å². The van der Waals surface area contributed by atoms with E-state index in [0.717, 1.165) is 57.3 Å². The van der Waals surface area contributed by atoms with Gasteiger partial charge in [-0.2, -0.15) is 0 Å². The normalized spacial score (nSPS) is 36.4. The van der Waals surface area contributed by atoms with E-state index in [1.54, 1.807) is 0 Å². The maximum Gasteiger partial charge on any atom is 0.317 e. The Balaban J connectivity index is 1.31. The van der Waals surface area contributed by atoms with Crippen molar-refractivity contribution in [3.63, 3.8) is 0 Å². The summed E-state index contributed by atoms with van der Waals surface area (Å²) in [4.78, 5) is 17.4. The van der Waals surface area contributed by atoms with Gasteiger partial charge in [-0.25, -0.2) is 4.79 Å². The van der Waals surface area contributed by atoms with Gasteiger partial charge in [0.05, 0.1) is 6.61 Å². The van der Waals surface area contributed by atoms with Crippen molar-refractivity contribution < 1.29 is 9.90 Å². The first-order valence-electron chi connectivity index (χ1n) is 11.5. The molecule has 1 aromatic carbocycles. The van der Waals surface area contributed by atoms with Crippen LogP contribution in [0.1, 0.15) is 49.7 Å². The van der Waals surface area contributed by atoms with Gasteiger partial charge >= 0.3 is 6.03 Å². The second-order valence-corrected chi connectivity index (χ2v) is 10.4. The zero-order valence-corrected chi connectivity index (χ0v) is 17.7. The fourth-order valence-electron chi connectivity index (χ4n) is 7.28. The van der Waals surface area contributed by atoms with Crippen LogP contribution < -0.4 is 5.32 Å². The highest BCUT2D eigenvalue weighted by molar-refractivity contribution is 5.75. The zero-order chi connectivity index (χ0) is 20.1. The van der Waals surface area contributed by atoms with Crippen LogP contribution in [0.4, 0.5) is 4.79 Å². The van der Waals surface area contributed by atoms with E-state index in [1.165, 1.54) is 30.4 Å². The number of nitrogens with one attached hydrogen (secondary N) is 1. The highest BCUT2D eigenvalue weighted by atomic mass is 16.3. The third-order valence-electron chi connectivity index (χ3n) is 8.17. The Morgan fingerprint density at radius 3 is 2.34 bits per heavy atom. The lowest BCUT2D eigenvalue weighted by molar-refractivity contribution is -0.0372. The average Bonchev–Trinajstić information content (AvgIpc) is 2.68. The number of amides is 2. The van der Waals surface area contributed by atoms with Gasteiger partial charge in [0, 0.05) is 38.3 Å². The highest BCUT2D eigenvalue weighted by Gasteiger charge is 2.58. The first-order valence-corrected chi connectivity index (χ1v) is 11.5. The molecular formula is C24H35N3O2. The number of hydrogen-bond donors (Lipinski definition) is 2. The van der Waals surface area contributed by atoms with E-state index < -0.39 is 0 Å². The number of carbonyl (C=O) groups excluding carboxylic acids is 1. The maximum atomic E-state index is 13.2. The number of rotatable bonds is 4. The predicted molar refractivity (Wildman–Crippen MR) is 114 cm³/mol. The molecule has 0 radical (unpaired) electrons. The van der Waals surface area contributed by atoms with Gasteiger partial charge in [0.2, 0.25) is 0 Å². The zero-order valence-electron chi connectivity index (χ0n) is 17.7. The molecule has 6 rings (SSSR count). The Morgan fingerprint density at radius 2 is 1.72 bits per heavy atom. The number of urea groups is 1. The van der Waals surface area contributed by atoms with Crippen molar-refractivity contribution in [1.82, 2.24) is 15.1 Å². The summed E-state index contributed by atoms with van der Waals surface area (Å²) in [5, 5.41) is 12.7. The van der Waals surface area contributed by atoms with Gasteiger partial charge in [0.15, 0.2) is 0 Å². The minimum Gasteiger partial charge on any atom is -0.395 e. The molecule has 0 unspecified atom stereocenters. The number of aryl methyl sites for hydroxylation is 1. The fourth-order valence-corrected chi connectivity index (χ4v) is 7.28. The lowest BCUT2D eigenvalue weighted by atomic mass is 9.45. The molecule has 5 nitrogen and oxygen atoms in total. The molecule has 5 heteroatoms. The van der Waals surface area contributed by atoms with Crippen LogP contribution in [0.2, 0.25) is 0 Å². The van der Waals surface area contributed by atoms with Crippen molar-refractivity contribution in [3.8, 4) is 0 Å². The third kappa shape index (κ3) is 3.57. The molecule has 29 heavy (non-hydrogen) atoms. The fraction of sp³-hybridized carbons (Fsp3) is 0.708. The molecule has 2 amide bonds. The number of hydrogen-bond acceptors (Lipinski definition) is 3. The molecule has 4 aliphatic carbocycles. The van der Waals surface area contributed by atoms with Crippen LogP contribution in [0.15, 0.2) is 24.3 Å². The van der Waals surface area contributed by atoms with Gasteiger partial charge in [0.1, 0.15) is 0 Å². The molecule has 1 aliphatic heterocycles. The van der Waals surface area contributed by atoms with Crippen molar-refractivity contribution in [3.05, 3.63) is 35.4 Å². The SMILES string of the molecule is Cc1ccc(C23C[C@H]4C[C@@H](CC(NC(=O)N5CCN(CCO)CC5)(C4)C2)C3)cc1. The lowest BCUT2D eigenvalue weighted by Crippen LogP contribution is -2.66. The molecule has 4 bridgehead atoms. The van der Waals surface area contributed by atoms with Gasteiger partial charge in [-0.1, -0.05) is 29.8 Å². The summed E-state index contributed by atoms with van der Waals surface area (Å²) in [6, 6.07) is 9.34. The number of nitrogens with zero attached hydrogens (tertiary/aromatic N) is 2. The summed E-state index contributed by atoms with van der Waals surface area (Å²) in [5.74, 6) is 1.50. The first-order chi connectivity index (χ1) is 14.0. The number of carbonyl (C=O) groups is 1. The summed E-state index contributed by atoms with van der Waals surface area (Å²) in [7, 11) is 0. The van der Waals surface area contributed by atoms with Crippen LogP contribution in [0.5, 0.6) is 0 Å². The second kappa shape index (κ2) is 7.28. The van der Waals surface area contributed by atoms with E-state index >= 15 is 0 Å². The average molecular weight is 398 g/mol. The molecule has 1 aromatic rings. The number of aliphatic hydroxyl groups is 1. The molecule has 4 saturated carbocycles. The Morgan fingerprint density at radius 1 is 1.07 bits per heavy atom. The molecule has 1 saturated heterocycles. The minimum absolute atomic E-state index is 0.0196. The summed E-state index contributed by atoms with van der Waals surface area (Å²) < 4.78 is 0. The van der Waals surface area contributed by atoms with Crippen molar-refractivity contribution >= 4 is 6.03 Å². The number of benzene rings is 1. The molecule has 1 heterocycles. The standard InChI is InChI=1S/C24H35N3O2/c1-18-2-4-21(5-3-18)23-13-19-12-20(14-23)16-24(15-19,17-23)25-22(29)27-8-6-26(7-9-27)10-11-28/h2-5,19-20,28H,6-17H2,1H3,(H,25,29)/t19-,20-,23?,24?/m1/s1. The van der Waals surface area contributed by atoms with E-state index in [2.05, 4.69) is 41.4 Å². The van der Waals surface area contributed by atoms with Crippen LogP contribution in [0.25, 0.3) is 0 Å². The van der Waals surface area contributed by atoms with E-state index in [0.29, 0.717) is 6.54 Å². The molecule has 0 spiro atoms. The molecular weight excluding hydrogens is 362 g/mol. The second-order valence-electron chi connectivity index (χ2n) is 10.4. The summed E-state index contributed by atoms with van der Waals surface area (Å²) >= 11 is 0. The van der Waals surface area contributed by atoms with Crippen LogP contribution in [-0.4, -0.2) is 65.8 Å². The van der Waals surface area contributed by atoms with E-state index in [1.807, 2.05) is 4.90 Å². The number of aliphatic hydroxyl groups excluding tert-OH is 1. The van der Waals surface area contributed by atoms with Crippen molar-refractivity contribution in [2.45, 2.75) is 56.4 Å². The molecule has 158 valence electrons. The van der Waals surface area contributed by atoms with E-state index in [9.17, 15) is 4.79 Å². The van der Waals surface area contributed by atoms with Gasteiger partial charge in [0.25, 0.3) is 0 Å². The van der Waals surface area contributed by atoms with Gasteiger partial charge < -0.3 is 15.3 Å².